The van der Waals surface area contributed by atoms with Gasteiger partial charge in [-0.3, -0.25) is 4.79 Å². The van der Waals surface area contributed by atoms with E-state index in [4.69, 9.17) is 0 Å². The lowest BCUT2D eigenvalue weighted by molar-refractivity contribution is -0.141. The molecule has 0 spiro atoms. The molecule has 0 saturated heterocycles. The number of likely N-dealkylation sites (N-methyl/N-ethyl adjacent to an activating group) is 1. The van der Waals surface area contributed by atoms with Crippen LogP contribution in [-0.2, 0) is 11.0 Å². The third-order valence-corrected chi connectivity index (χ3v) is 2.67. The van der Waals surface area contributed by atoms with Crippen LogP contribution in [0.4, 0.5) is 19.0 Å². The van der Waals surface area contributed by atoms with Gasteiger partial charge in [0.15, 0.2) is 11.5 Å². The molecule has 2 N–H and O–H groups in total. The summed E-state index contributed by atoms with van der Waals surface area (Å²) in [6.07, 6.45) is -1.92. The molecule has 20 heavy (non-hydrogen) atoms. The van der Waals surface area contributed by atoms with Crippen molar-refractivity contribution in [1.82, 2.24) is 19.9 Å². The first-order valence-corrected chi connectivity index (χ1v) is 5.72. The van der Waals surface area contributed by atoms with Crippen molar-refractivity contribution in [2.75, 3.05) is 12.4 Å². The van der Waals surface area contributed by atoms with Crippen molar-refractivity contribution in [3.8, 4) is 0 Å². The van der Waals surface area contributed by atoms with Crippen LogP contribution in [0.25, 0.3) is 5.52 Å². The molecule has 1 unspecified atom stereocenters. The Morgan fingerprint density at radius 1 is 1.45 bits per heavy atom. The van der Waals surface area contributed by atoms with Crippen molar-refractivity contribution in [1.29, 1.82) is 0 Å². The number of carbonyl (C=O) groups excluding carboxylic acids is 1. The number of nitrogens with zero attached hydrogens (tertiary/aromatic N) is 3. The van der Waals surface area contributed by atoms with Crippen LogP contribution in [0.2, 0.25) is 0 Å². The van der Waals surface area contributed by atoms with Crippen LogP contribution in [0, 0.1) is 0 Å². The minimum Gasteiger partial charge on any atom is -0.357 e. The predicted octanol–water partition coefficient (Wildman–Crippen LogP) is 1.29. The number of amides is 1. The lowest BCUT2D eigenvalue weighted by Gasteiger charge is -2.13. The number of halogens is 3. The molecule has 2 heterocycles. The topological polar surface area (TPSA) is 71.3 Å². The van der Waals surface area contributed by atoms with Crippen LogP contribution < -0.4 is 10.6 Å². The summed E-state index contributed by atoms with van der Waals surface area (Å²) in [6, 6.07) is 0.245. The van der Waals surface area contributed by atoms with E-state index in [0.717, 1.165) is 10.6 Å². The second-order valence-corrected chi connectivity index (χ2v) is 4.11. The first-order valence-electron chi connectivity index (χ1n) is 5.72. The number of hydrogen-bond donors (Lipinski definition) is 2. The summed E-state index contributed by atoms with van der Waals surface area (Å²) in [7, 11) is 1.47. The third-order valence-electron chi connectivity index (χ3n) is 2.67. The molecule has 1 atom stereocenters. The predicted molar refractivity (Wildman–Crippen MR) is 65.1 cm³/mol. The Balaban J connectivity index is 2.39. The minimum atomic E-state index is -4.53. The molecular weight excluding hydrogens is 275 g/mol. The maximum absolute atomic E-state index is 12.6. The quantitative estimate of drug-likeness (QED) is 0.892. The van der Waals surface area contributed by atoms with Gasteiger partial charge in [-0.25, -0.2) is 9.50 Å². The zero-order valence-corrected chi connectivity index (χ0v) is 10.7. The molecule has 0 aliphatic heterocycles. The molecule has 0 fully saturated rings. The minimum absolute atomic E-state index is 0.149. The molecule has 108 valence electrons. The number of aromatic nitrogens is 3. The summed E-state index contributed by atoms with van der Waals surface area (Å²) in [5, 5.41) is 8.61. The van der Waals surface area contributed by atoms with Gasteiger partial charge in [-0.2, -0.15) is 18.3 Å². The first kappa shape index (κ1) is 14.1. The average Bonchev–Trinajstić information content (AvgIpc) is 2.82. The van der Waals surface area contributed by atoms with Crippen molar-refractivity contribution in [2.24, 2.45) is 0 Å². The Morgan fingerprint density at radius 2 is 2.15 bits per heavy atom. The number of fused-ring (bicyclic) bond motifs is 1. The molecule has 0 saturated carbocycles. The largest absolute Gasteiger partial charge is 0.435 e. The first-order chi connectivity index (χ1) is 9.32. The van der Waals surface area contributed by atoms with Gasteiger partial charge in [0.1, 0.15) is 11.6 Å². The molecular formula is C11H12F3N5O. The van der Waals surface area contributed by atoms with Crippen LogP contribution >= 0.6 is 0 Å². The maximum Gasteiger partial charge on any atom is 0.435 e. The van der Waals surface area contributed by atoms with Gasteiger partial charge < -0.3 is 10.6 Å². The molecule has 9 heteroatoms. The lowest BCUT2D eigenvalue weighted by atomic mass is 10.3. The van der Waals surface area contributed by atoms with Gasteiger partial charge >= 0.3 is 6.18 Å². The highest BCUT2D eigenvalue weighted by Crippen LogP contribution is 2.30. The molecule has 0 bridgehead atoms. The molecule has 6 nitrogen and oxygen atoms in total. The van der Waals surface area contributed by atoms with Crippen molar-refractivity contribution in [2.45, 2.75) is 19.1 Å². The monoisotopic (exact) mass is 287 g/mol. The number of rotatable bonds is 3. The zero-order chi connectivity index (χ0) is 14.9. The fourth-order valence-electron chi connectivity index (χ4n) is 1.66. The van der Waals surface area contributed by atoms with Gasteiger partial charge in [0, 0.05) is 25.5 Å². The highest BCUT2D eigenvalue weighted by molar-refractivity contribution is 5.85. The number of carbonyl (C=O) groups is 1. The van der Waals surface area contributed by atoms with E-state index >= 15 is 0 Å². The molecule has 0 aliphatic rings. The van der Waals surface area contributed by atoms with Gasteiger partial charge in [0.2, 0.25) is 5.91 Å². The molecule has 2 rings (SSSR count). The van der Waals surface area contributed by atoms with Gasteiger partial charge in [-0.05, 0) is 6.92 Å². The SMILES string of the molecule is CNC(=O)C(C)Nc1nccn2nc(C(F)(F)F)cc12. The normalized spacial score (nSPS) is 13.2. The molecule has 0 aromatic carbocycles. The third kappa shape index (κ3) is 2.65. The van der Waals surface area contributed by atoms with E-state index in [9.17, 15) is 18.0 Å². The van der Waals surface area contributed by atoms with Crippen molar-refractivity contribution >= 4 is 17.2 Å². The fourth-order valence-corrected chi connectivity index (χ4v) is 1.66. The molecule has 0 radical (unpaired) electrons. The maximum atomic E-state index is 12.6. The standard InChI is InChI=1S/C11H12F3N5O/c1-6(10(20)15-2)17-9-7-5-8(11(12,13)14)18-19(7)4-3-16-9/h3-6H,1-2H3,(H,15,20)(H,16,17). The van der Waals surface area contributed by atoms with E-state index < -0.39 is 17.9 Å². The van der Waals surface area contributed by atoms with Crippen molar-refractivity contribution in [3.05, 3.63) is 24.2 Å². The van der Waals surface area contributed by atoms with Gasteiger partial charge in [-0.1, -0.05) is 0 Å². The second-order valence-electron chi connectivity index (χ2n) is 4.11. The summed E-state index contributed by atoms with van der Waals surface area (Å²) in [4.78, 5) is 15.4. The van der Waals surface area contributed by atoms with E-state index in [1.165, 1.54) is 19.4 Å². The highest BCUT2D eigenvalue weighted by atomic mass is 19.4. The Bertz CT molecular complexity index is 637. The number of alkyl halides is 3. The Hall–Kier alpha value is -2.32. The lowest BCUT2D eigenvalue weighted by Crippen LogP contribution is -2.35. The van der Waals surface area contributed by atoms with E-state index in [-0.39, 0.29) is 17.2 Å². The molecule has 2 aromatic rings. The van der Waals surface area contributed by atoms with E-state index in [1.807, 2.05) is 0 Å². The van der Waals surface area contributed by atoms with Crippen LogP contribution in [-0.4, -0.2) is 33.6 Å². The fraction of sp³-hybridized carbons (Fsp3) is 0.364. The molecule has 0 aliphatic carbocycles. The van der Waals surface area contributed by atoms with E-state index in [2.05, 4.69) is 20.7 Å². The summed E-state index contributed by atoms with van der Waals surface area (Å²) >= 11 is 0. The summed E-state index contributed by atoms with van der Waals surface area (Å²) < 4.78 is 38.9. The number of anilines is 1. The average molecular weight is 287 g/mol. The summed E-state index contributed by atoms with van der Waals surface area (Å²) in [6.45, 7) is 1.57. The molecule has 2 aromatic heterocycles. The summed E-state index contributed by atoms with van der Waals surface area (Å²) in [5.41, 5.74) is -0.864. The van der Waals surface area contributed by atoms with Crippen molar-refractivity contribution in [3.63, 3.8) is 0 Å². The highest BCUT2D eigenvalue weighted by Gasteiger charge is 2.34. The van der Waals surface area contributed by atoms with Crippen LogP contribution in [0.1, 0.15) is 12.6 Å². The Morgan fingerprint density at radius 3 is 2.75 bits per heavy atom. The second kappa shape index (κ2) is 4.99. The Kier molecular flexibility index (Phi) is 3.51. The zero-order valence-electron chi connectivity index (χ0n) is 10.7. The Labute approximate surface area is 112 Å². The van der Waals surface area contributed by atoms with Gasteiger partial charge in [0.25, 0.3) is 0 Å². The van der Waals surface area contributed by atoms with Gasteiger partial charge in [-0.15, -0.1) is 0 Å². The van der Waals surface area contributed by atoms with E-state index in [0.29, 0.717) is 0 Å². The van der Waals surface area contributed by atoms with Crippen molar-refractivity contribution < 1.29 is 18.0 Å². The van der Waals surface area contributed by atoms with Crippen LogP contribution in [0.3, 0.4) is 0 Å². The summed E-state index contributed by atoms with van der Waals surface area (Å²) in [5.74, 6) is -0.143. The number of hydrogen-bond acceptors (Lipinski definition) is 4. The number of nitrogens with one attached hydrogen (secondary N) is 2. The smallest absolute Gasteiger partial charge is 0.357 e. The van der Waals surface area contributed by atoms with E-state index in [1.54, 1.807) is 6.92 Å². The van der Waals surface area contributed by atoms with Crippen LogP contribution in [0.5, 0.6) is 0 Å². The van der Waals surface area contributed by atoms with Gasteiger partial charge in [0.05, 0.1) is 0 Å². The molecule has 1 amide bonds. The van der Waals surface area contributed by atoms with Crippen LogP contribution in [0.15, 0.2) is 18.5 Å².